The number of carbonyl (C=O) groups is 1. The van der Waals surface area contributed by atoms with Crippen molar-refractivity contribution in [1.82, 2.24) is 0 Å². The molecule has 0 unspecified atom stereocenters. The zero-order chi connectivity index (χ0) is 12.3. The lowest BCUT2D eigenvalue weighted by molar-refractivity contribution is 0.0993. The molecule has 0 aromatic carbocycles. The Hall–Kier alpha value is -1.07. The number of hydrogen-bond donors (Lipinski definition) is 1. The fourth-order valence-electron chi connectivity index (χ4n) is 1.89. The average Bonchev–Trinajstić information content (AvgIpc) is 2.57. The number of Topliss-reactive ketones (excluding diaryl/α,β-unsaturated/α-hetero) is 1. The van der Waals surface area contributed by atoms with Crippen LogP contribution < -0.4 is 10.6 Å². The summed E-state index contributed by atoms with van der Waals surface area (Å²) in [6, 6.07) is 1.92. The Balaban J connectivity index is 2.18. The molecule has 0 amide bonds. The maximum Gasteiger partial charge on any atom is 0.174 e. The normalized spacial score (nSPS) is 16.9. The lowest BCUT2D eigenvalue weighted by Gasteiger charge is -2.19. The Morgan fingerprint density at radius 2 is 2.35 bits per heavy atom. The molecule has 1 aromatic heterocycles. The highest BCUT2D eigenvalue weighted by Gasteiger charge is 2.17. The van der Waals surface area contributed by atoms with Crippen molar-refractivity contribution in [2.45, 2.75) is 19.8 Å². The zero-order valence-electron chi connectivity index (χ0n) is 10.1. The highest BCUT2D eigenvalue weighted by molar-refractivity contribution is 7.18. The van der Waals surface area contributed by atoms with Gasteiger partial charge in [-0.3, -0.25) is 4.79 Å². The van der Waals surface area contributed by atoms with Gasteiger partial charge in [0.15, 0.2) is 5.78 Å². The summed E-state index contributed by atoms with van der Waals surface area (Å²) in [6.45, 7) is 5.27. The summed E-state index contributed by atoms with van der Waals surface area (Å²) in [5.74, 6) is 0.129. The first-order chi connectivity index (χ1) is 8.22. The summed E-state index contributed by atoms with van der Waals surface area (Å²) in [4.78, 5) is 14.6. The van der Waals surface area contributed by atoms with Gasteiger partial charge in [-0.05, 0) is 12.5 Å². The van der Waals surface area contributed by atoms with Gasteiger partial charge in [0.2, 0.25) is 0 Å². The molecule has 4 nitrogen and oxygen atoms in total. The Morgan fingerprint density at radius 1 is 1.53 bits per heavy atom. The second-order valence-electron chi connectivity index (χ2n) is 4.10. The number of nitrogens with two attached hydrogens (primary N) is 1. The van der Waals surface area contributed by atoms with E-state index in [0.717, 1.165) is 37.7 Å². The Kier molecular flexibility index (Phi) is 4.02. The predicted molar refractivity (Wildman–Crippen MR) is 71.0 cm³/mol. The van der Waals surface area contributed by atoms with Crippen molar-refractivity contribution in [1.29, 1.82) is 0 Å². The minimum Gasteiger partial charge on any atom is -0.397 e. The van der Waals surface area contributed by atoms with E-state index in [9.17, 15) is 4.79 Å². The number of nitrogens with zero attached hydrogens (tertiary/aromatic N) is 1. The fourth-order valence-corrected chi connectivity index (χ4v) is 3.03. The highest BCUT2D eigenvalue weighted by Crippen LogP contribution is 2.33. The van der Waals surface area contributed by atoms with Crippen LogP contribution in [0.4, 0.5) is 10.7 Å². The van der Waals surface area contributed by atoms with Crippen LogP contribution >= 0.6 is 11.3 Å². The van der Waals surface area contributed by atoms with Gasteiger partial charge >= 0.3 is 0 Å². The Bertz CT molecular complexity index is 395. The number of thiophene rings is 1. The maximum atomic E-state index is 11.7. The molecule has 2 rings (SSSR count). The van der Waals surface area contributed by atoms with E-state index >= 15 is 0 Å². The van der Waals surface area contributed by atoms with E-state index in [1.807, 2.05) is 13.0 Å². The lowest BCUT2D eigenvalue weighted by Crippen LogP contribution is -2.24. The molecule has 0 saturated carbocycles. The van der Waals surface area contributed by atoms with Crippen molar-refractivity contribution >= 4 is 27.8 Å². The molecule has 0 radical (unpaired) electrons. The van der Waals surface area contributed by atoms with E-state index in [4.69, 9.17) is 10.5 Å². The number of ketones is 1. The van der Waals surface area contributed by atoms with Crippen LogP contribution in [0.5, 0.6) is 0 Å². The highest BCUT2D eigenvalue weighted by atomic mass is 32.1. The molecular weight excluding hydrogens is 236 g/mol. The van der Waals surface area contributed by atoms with Gasteiger partial charge in [-0.15, -0.1) is 11.3 Å². The molecule has 0 atom stereocenters. The van der Waals surface area contributed by atoms with Crippen LogP contribution in [-0.2, 0) is 4.74 Å². The molecule has 17 heavy (non-hydrogen) atoms. The summed E-state index contributed by atoms with van der Waals surface area (Å²) in [5, 5.41) is 1.09. The third kappa shape index (κ3) is 2.79. The van der Waals surface area contributed by atoms with Crippen LogP contribution in [0.25, 0.3) is 0 Å². The van der Waals surface area contributed by atoms with Crippen molar-refractivity contribution in [3.63, 3.8) is 0 Å². The van der Waals surface area contributed by atoms with Gasteiger partial charge in [-0.1, -0.05) is 6.92 Å². The van der Waals surface area contributed by atoms with Crippen molar-refractivity contribution in [2.24, 2.45) is 0 Å². The van der Waals surface area contributed by atoms with Crippen LogP contribution in [0.15, 0.2) is 6.07 Å². The number of rotatable bonds is 3. The van der Waals surface area contributed by atoms with Crippen molar-refractivity contribution in [3.05, 3.63) is 10.9 Å². The largest absolute Gasteiger partial charge is 0.397 e. The molecule has 2 heterocycles. The fraction of sp³-hybridized carbons (Fsp3) is 0.583. The number of ether oxygens (including phenoxy) is 1. The molecule has 0 bridgehead atoms. The molecule has 94 valence electrons. The number of carbonyl (C=O) groups excluding carboxylic acids is 1. The van der Waals surface area contributed by atoms with E-state index in [0.29, 0.717) is 17.0 Å². The first-order valence-electron chi connectivity index (χ1n) is 5.97. The molecule has 1 saturated heterocycles. The van der Waals surface area contributed by atoms with Gasteiger partial charge in [0.05, 0.1) is 22.2 Å². The minimum absolute atomic E-state index is 0.129. The molecule has 1 fully saturated rings. The zero-order valence-corrected chi connectivity index (χ0v) is 10.9. The van der Waals surface area contributed by atoms with Crippen molar-refractivity contribution < 1.29 is 9.53 Å². The maximum absolute atomic E-state index is 11.7. The van der Waals surface area contributed by atoms with Gasteiger partial charge in [0.1, 0.15) is 0 Å². The van der Waals surface area contributed by atoms with E-state index in [2.05, 4.69) is 4.90 Å². The first-order valence-corrected chi connectivity index (χ1v) is 6.79. The Morgan fingerprint density at radius 3 is 3.12 bits per heavy atom. The van der Waals surface area contributed by atoms with E-state index in [-0.39, 0.29) is 5.78 Å². The molecule has 1 aliphatic heterocycles. The van der Waals surface area contributed by atoms with Gasteiger partial charge in [-0.2, -0.15) is 0 Å². The minimum atomic E-state index is 0.129. The Labute approximate surface area is 105 Å². The van der Waals surface area contributed by atoms with Gasteiger partial charge < -0.3 is 15.4 Å². The molecular formula is C12H18N2O2S. The molecule has 0 spiro atoms. The van der Waals surface area contributed by atoms with Gasteiger partial charge in [0, 0.05) is 26.1 Å². The molecule has 2 N–H and O–H groups in total. The summed E-state index contributed by atoms with van der Waals surface area (Å²) < 4.78 is 5.42. The smallest absolute Gasteiger partial charge is 0.174 e. The number of nitrogen functional groups attached to an aromatic ring is 1. The second-order valence-corrected chi connectivity index (χ2v) is 5.13. The van der Waals surface area contributed by atoms with E-state index in [1.54, 1.807) is 0 Å². The van der Waals surface area contributed by atoms with Crippen LogP contribution in [0.1, 0.15) is 29.4 Å². The van der Waals surface area contributed by atoms with Crippen LogP contribution in [0, 0.1) is 0 Å². The van der Waals surface area contributed by atoms with Crippen molar-refractivity contribution in [3.8, 4) is 0 Å². The number of anilines is 2. The first kappa shape index (κ1) is 12.4. The number of hydrogen-bond acceptors (Lipinski definition) is 5. The summed E-state index contributed by atoms with van der Waals surface area (Å²) >= 11 is 1.50. The molecule has 0 aliphatic carbocycles. The van der Waals surface area contributed by atoms with E-state index in [1.165, 1.54) is 11.3 Å². The van der Waals surface area contributed by atoms with Crippen LogP contribution in [0.2, 0.25) is 0 Å². The van der Waals surface area contributed by atoms with Gasteiger partial charge in [0.25, 0.3) is 0 Å². The van der Waals surface area contributed by atoms with E-state index < -0.39 is 0 Å². The second kappa shape index (κ2) is 5.51. The molecule has 1 aliphatic rings. The predicted octanol–water partition coefficient (Wildman–Crippen LogP) is 2.15. The average molecular weight is 254 g/mol. The third-order valence-electron chi connectivity index (χ3n) is 2.86. The molecule has 5 heteroatoms. The summed E-state index contributed by atoms with van der Waals surface area (Å²) in [5.41, 5.74) is 6.51. The quantitative estimate of drug-likeness (QED) is 0.840. The SMILES string of the molecule is CCC(=O)c1sc(N2CCCOCC2)cc1N. The molecule has 1 aromatic rings. The van der Waals surface area contributed by atoms with Gasteiger partial charge in [-0.25, -0.2) is 0 Å². The van der Waals surface area contributed by atoms with Crippen LogP contribution in [0.3, 0.4) is 0 Å². The summed E-state index contributed by atoms with van der Waals surface area (Å²) in [6.07, 6.45) is 1.53. The summed E-state index contributed by atoms with van der Waals surface area (Å²) in [7, 11) is 0. The van der Waals surface area contributed by atoms with Crippen LogP contribution in [-0.4, -0.2) is 32.1 Å². The topological polar surface area (TPSA) is 55.6 Å². The third-order valence-corrected chi connectivity index (χ3v) is 4.11. The monoisotopic (exact) mass is 254 g/mol. The lowest BCUT2D eigenvalue weighted by atomic mass is 10.2. The standard InChI is InChI=1S/C12H18N2O2S/c1-2-10(15)12-9(13)8-11(17-12)14-4-3-6-16-7-5-14/h8H,2-7,13H2,1H3. The van der Waals surface area contributed by atoms with Crippen molar-refractivity contribution in [2.75, 3.05) is 36.9 Å².